The van der Waals surface area contributed by atoms with Gasteiger partial charge in [-0.25, -0.2) is 0 Å². The van der Waals surface area contributed by atoms with Crippen molar-refractivity contribution in [3.05, 3.63) is 104 Å². The minimum atomic E-state index is -5.19. The van der Waals surface area contributed by atoms with Crippen molar-refractivity contribution < 1.29 is 32.7 Å². The van der Waals surface area contributed by atoms with Gasteiger partial charge in [0.2, 0.25) is 0 Å². The number of Topliss-reactive ketones (excluding diaryl/α,β-unsaturated/α-hetero) is 1. The Morgan fingerprint density at radius 1 is 0.946 bits per heavy atom. The molecule has 0 bridgehead atoms. The summed E-state index contributed by atoms with van der Waals surface area (Å²) in [6.07, 6.45) is -5.63. The standard InChI is InChI=1S/C27H18Cl2F3NO4/c28-17-10-16(11-18(29)12-17)26(37,27(30,31)32)13-23(34)15-5-7-19-14(9-15)6-8-22(19)33-24(35)20-3-1-2-4-21(20)25(33)36/h1-5,7,9-12,22,37H,6,8,13H2/t22?,26-/m1/s1. The van der Waals surface area contributed by atoms with Crippen LogP contribution in [0.25, 0.3) is 0 Å². The van der Waals surface area contributed by atoms with E-state index in [1.54, 1.807) is 30.3 Å². The third-order valence-corrected chi connectivity index (χ3v) is 7.31. The predicted octanol–water partition coefficient (Wildman–Crippen LogP) is 6.30. The molecule has 2 amide bonds. The van der Waals surface area contributed by atoms with Gasteiger partial charge in [-0.3, -0.25) is 19.3 Å². The maximum absolute atomic E-state index is 14.0. The van der Waals surface area contributed by atoms with Gasteiger partial charge in [0.25, 0.3) is 11.8 Å². The van der Waals surface area contributed by atoms with E-state index in [9.17, 15) is 32.7 Å². The van der Waals surface area contributed by atoms with Gasteiger partial charge >= 0.3 is 6.18 Å². The molecule has 0 spiro atoms. The number of imide groups is 1. The van der Waals surface area contributed by atoms with Crippen molar-refractivity contribution >= 4 is 40.8 Å². The zero-order chi connectivity index (χ0) is 26.7. The highest BCUT2D eigenvalue weighted by Crippen LogP contribution is 2.45. The van der Waals surface area contributed by atoms with E-state index in [4.69, 9.17) is 23.2 Å². The molecular weight excluding hydrogens is 530 g/mol. The predicted molar refractivity (Wildman–Crippen MR) is 130 cm³/mol. The molecule has 10 heteroatoms. The van der Waals surface area contributed by atoms with Crippen LogP contribution in [0.2, 0.25) is 10.0 Å². The number of aryl methyl sites for hydroxylation is 1. The third kappa shape index (κ3) is 4.23. The number of ketones is 1. The summed E-state index contributed by atoms with van der Waals surface area (Å²) in [4.78, 5) is 40.0. The van der Waals surface area contributed by atoms with Crippen LogP contribution >= 0.6 is 23.2 Å². The maximum Gasteiger partial charge on any atom is 0.421 e. The van der Waals surface area contributed by atoms with Crippen molar-refractivity contribution in [1.29, 1.82) is 0 Å². The molecule has 3 aromatic carbocycles. The summed E-state index contributed by atoms with van der Waals surface area (Å²) in [7, 11) is 0. The fourth-order valence-corrected chi connectivity index (χ4v) is 5.55. The van der Waals surface area contributed by atoms with Crippen molar-refractivity contribution in [2.24, 2.45) is 0 Å². The molecule has 5 nitrogen and oxygen atoms in total. The molecule has 1 heterocycles. The molecule has 0 saturated heterocycles. The number of rotatable bonds is 5. The lowest BCUT2D eigenvalue weighted by Crippen LogP contribution is -2.44. The van der Waals surface area contributed by atoms with E-state index in [-0.39, 0.29) is 15.6 Å². The summed E-state index contributed by atoms with van der Waals surface area (Å²) in [5, 5.41) is 10.4. The topological polar surface area (TPSA) is 74.7 Å². The summed E-state index contributed by atoms with van der Waals surface area (Å²) < 4.78 is 42.0. The second kappa shape index (κ2) is 8.97. The van der Waals surface area contributed by atoms with Crippen LogP contribution in [0.3, 0.4) is 0 Å². The summed E-state index contributed by atoms with van der Waals surface area (Å²) in [5.41, 5.74) is -2.25. The first-order valence-electron chi connectivity index (χ1n) is 11.3. The van der Waals surface area contributed by atoms with Gasteiger partial charge < -0.3 is 5.11 Å². The molecule has 190 valence electrons. The Bertz CT molecular complexity index is 1420. The quantitative estimate of drug-likeness (QED) is 0.300. The molecule has 5 rings (SSSR count). The molecule has 1 unspecified atom stereocenters. The average Bonchev–Trinajstić information content (AvgIpc) is 3.35. The molecule has 0 fully saturated rings. The van der Waals surface area contributed by atoms with Crippen LogP contribution in [0.4, 0.5) is 13.2 Å². The maximum atomic E-state index is 14.0. The van der Waals surface area contributed by atoms with Crippen molar-refractivity contribution in [1.82, 2.24) is 4.90 Å². The highest BCUT2D eigenvalue weighted by Gasteiger charge is 2.56. The van der Waals surface area contributed by atoms with Crippen LogP contribution in [0.5, 0.6) is 0 Å². The summed E-state index contributed by atoms with van der Waals surface area (Å²) in [6.45, 7) is 0. The van der Waals surface area contributed by atoms with Crippen LogP contribution in [0.15, 0.2) is 60.7 Å². The highest BCUT2D eigenvalue weighted by molar-refractivity contribution is 6.34. The Kier molecular flexibility index (Phi) is 6.17. The highest BCUT2D eigenvalue weighted by atomic mass is 35.5. The van der Waals surface area contributed by atoms with Crippen LogP contribution in [0, 0.1) is 0 Å². The Balaban J connectivity index is 1.43. The van der Waals surface area contributed by atoms with Crippen molar-refractivity contribution in [3.8, 4) is 0 Å². The summed E-state index contributed by atoms with van der Waals surface area (Å²) >= 11 is 11.7. The number of nitrogens with zero attached hydrogens (tertiary/aromatic N) is 1. The number of carbonyl (C=O) groups excluding carboxylic acids is 3. The number of carbonyl (C=O) groups is 3. The molecule has 3 aromatic rings. The first-order chi connectivity index (χ1) is 17.4. The van der Waals surface area contributed by atoms with E-state index in [1.807, 2.05) is 0 Å². The van der Waals surface area contributed by atoms with Gasteiger partial charge in [0.15, 0.2) is 11.4 Å². The minimum absolute atomic E-state index is 0.0300. The van der Waals surface area contributed by atoms with E-state index in [0.717, 1.165) is 12.1 Å². The monoisotopic (exact) mass is 547 g/mol. The molecule has 0 aromatic heterocycles. The van der Waals surface area contributed by atoms with Gasteiger partial charge in [-0.1, -0.05) is 47.5 Å². The molecule has 1 aliphatic heterocycles. The zero-order valence-corrected chi connectivity index (χ0v) is 20.5. The minimum Gasteiger partial charge on any atom is -0.376 e. The van der Waals surface area contributed by atoms with Crippen LogP contribution in [0.1, 0.15) is 66.6 Å². The van der Waals surface area contributed by atoms with Crippen LogP contribution < -0.4 is 0 Å². The average molecular weight is 548 g/mol. The second-order valence-corrected chi connectivity index (χ2v) is 9.98. The zero-order valence-electron chi connectivity index (χ0n) is 19.0. The van der Waals surface area contributed by atoms with Crippen LogP contribution in [-0.2, 0) is 12.0 Å². The first kappa shape index (κ1) is 25.4. The number of hydrogen-bond acceptors (Lipinski definition) is 4. The normalized spacial score (nSPS) is 18.5. The van der Waals surface area contributed by atoms with Gasteiger partial charge in [-0.2, -0.15) is 13.2 Å². The van der Waals surface area contributed by atoms with Crippen molar-refractivity contribution in [2.75, 3.05) is 0 Å². The summed E-state index contributed by atoms with van der Waals surface area (Å²) in [5.74, 6) is -1.76. The molecule has 0 radical (unpaired) electrons. The molecule has 0 saturated carbocycles. The van der Waals surface area contributed by atoms with E-state index in [2.05, 4.69) is 0 Å². The van der Waals surface area contributed by atoms with Gasteiger partial charge in [0, 0.05) is 15.6 Å². The first-order valence-corrected chi connectivity index (χ1v) is 12.0. The van der Waals surface area contributed by atoms with Gasteiger partial charge in [0.05, 0.1) is 23.6 Å². The number of benzene rings is 3. The largest absolute Gasteiger partial charge is 0.421 e. The Morgan fingerprint density at radius 2 is 1.54 bits per heavy atom. The summed E-state index contributed by atoms with van der Waals surface area (Å²) in [6, 6.07) is 13.4. The Labute approximate surface area is 219 Å². The number of fused-ring (bicyclic) bond motifs is 2. The molecule has 2 aliphatic rings. The van der Waals surface area contributed by atoms with E-state index in [0.29, 0.717) is 35.1 Å². The lowest BCUT2D eigenvalue weighted by atomic mass is 9.86. The number of halogens is 5. The van der Waals surface area contributed by atoms with Crippen LogP contribution in [-0.4, -0.2) is 33.8 Å². The van der Waals surface area contributed by atoms with Crippen molar-refractivity contribution in [3.63, 3.8) is 0 Å². The fraction of sp³-hybridized carbons (Fsp3) is 0.222. The molecule has 1 N–H and O–H groups in total. The molecule has 37 heavy (non-hydrogen) atoms. The molecular formula is C27H18Cl2F3NO4. The second-order valence-electron chi connectivity index (χ2n) is 9.11. The lowest BCUT2D eigenvalue weighted by Gasteiger charge is -2.31. The Morgan fingerprint density at radius 3 is 2.11 bits per heavy atom. The smallest absolute Gasteiger partial charge is 0.376 e. The number of hydrogen-bond donors (Lipinski definition) is 1. The molecule has 1 aliphatic carbocycles. The van der Waals surface area contributed by atoms with Crippen molar-refractivity contribution in [2.45, 2.75) is 37.1 Å². The van der Waals surface area contributed by atoms with E-state index in [1.165, 1.54) is 23.1 Å². The number of aliphatic hydroxyl groups is 1. The third-order valence-electron chi connectivity index (χ3n) is 6.87. The van der Waals surface area contributed by atoms with E-state index < -0.39 is 47.4 Å². The molecule has 2 atom stereocenters. The SMILES string of the molecule is O=C(C[C@@](O)(c1cc(Cl)cc(Cl)c1)C(F)(F)F)c1ccc2c(c1)CCC2N1C(=O)c2ccccc2C1=O. The Hall–Kier alpha value is -3.20. The number of alkyl halides is 3. The van der Waals surface area contributed by atoms with Gasteiger partial charge in [-0.15, -0.1) is 0 Å². The lowest BCUT2D eigenvalue weighted by molar-refractivity contribution is -0.264. The van der Waals surface area contributed by atoms with E-state index >= 15 is 0 Å². The fourth-order valence-electron chi connectivity index (χ4n) is 5.02. The van der Waals surface area contributed by atoms with Gasteiger partial charge in [0.1, 0.15) is 0 Å². The van der Waals surface area contributed by atoms with Gasteiger partial charge in [-0.05, 0) is 65.9 Å². The number of amides is 2.